The number of benzene rings is 6. The lowest BCUT2D eigenvalue weighted by molar-refractivity contribution is 1.06. The highest BCUT2D eigenvalue weighted by atomic mass is 15.1. The molecule has 0 N–H and O–H groups in total. The van der Waals surface area contributed by atoms with Crippen LogP contribution in [0.25, 0.3) is 83.9 Å². The van der Waals surface area contributed by atoms with Crippen molar-refractivity contribution in [3.63, 3.8) is 0 Å². The number of para-hydroxylation sites is 1. The number of hydrogen-bond donors (Lipinski definition) is 0. The highest BCUT2D eigenvalue weighted by Crippen LogP contribution is 2.39. The Balaban J connectivity index is 1.33. The molecule has 0 saturated heterocycles. The van der Waals surface area contributed by atoms with E-state index in [0.29, 0.717) is 17.5 Å². The molecule has 0 aliphatic heterocycles. The van der Waals surface area contributed by atoms with Crippen molar-refractivity contribution in [2.24, 2.45) is 0 Å². The molecule has 5 heteroatoms. The summed E-state index contributed by atoms with van der Waals surface area (Å²) in [4.78, 5) is 19.7. The van der Waals surface area contributed by atoms with Crippen LogP contribution in [0.3, 0.4) is 0 Å². The van der Waals surface area contributed by atoms with Gasteiger partial charge in [0.25, 0.3) is 0 Å². The van der Waals surface area contributed by atoms with E-state index >= 15 is 0 Å². The van der Waals surface area contributed by atoms with Crippen LogP contribution in [0.1, 0.15) is 5.56 Å². The van der Waals surface area contributed by atoms with Crippen molar-refractivity contribution >= 4 is 21.8 Å². The SMILES string of the molecule is Cc1ccc(-c2ccc3c(c2)c2ccccc2n3-c2cc(-c3cccnc3)ccc2-c2nc(-c3ccccc3)nc(-c3ccccc3)n2)cc1. The van der Waals surface area contributed by atoms with Gasteiger partial charge < -0.3 is 4.57 Å². The summed E-state index contributed by atoms with van der Waals surface area (Å²) in [5.41, 5.74) is 11.7. The first-order chi connectivity index (χ1) is 24.7. The normalized spacial score (nSPS) is 11.3. The van der Waals surface area contributed by atoms with Crippen molar-refractivity contribution in [3.8, 4) is 62.1 Å². The molecule has 0 fully saturated rings. The third-order valence-electron chi connectivity index (χ3n) is 9.23. The summed E-state index contributed by atoms with van der Waals surface area (Å²) >= 11 is 0. The summed E-state index contributed by atoms with van der Waals surface area (Å²) in [6.07, 6.45) is 3.71. The molecule has 0 amide bonds. The molecule has 0 bridgehead atoms. The van der Waals surface area contributed by atoms with Gasteiger partial charge in [-0.2, -0.15) is 0 Å². The summed E-state index contributed by atoms with van der Waals surface area (Å²) in [6, 6.07) is 54.9. The van der Waals surface area contributed by atoms with Crippen LogP contribution in [0.5, 0.6) is 0 Å². The number of hydrogen-bond acceptors (Lipinski definition) is 4. The molecule has 0 saturated carbocycles. The number of pyridine rings is 1. The minimum absolute atomic E-state index is 0.604. The van der Waals surface area contributed by atoms with Gasteiger partial charge in [0.1, 0.15) is 0 Å². The van der Waals surface area contributed by atoms with Crippen LogP contribution in [0, 0.1) is 6.92 Å². The van der Waals surface area contributed by atoms with E-state index in [9.17, 15) is 0 Å². The maximum atomic E-state index is 5.15. The highest BCUT2D eigenvalue weighted by molar-refractivity contribution is 6.11. The van der Waals surface area contributed by atoms with Crippen molar-refractivity contribution in [2.75, 3.05) is 0 Å². The molecule has 0 unspecified atom stereocenters. The second-order valence-corrected chi connectivity index (χ2v) is 12.5. The molecule has 5 nitrogen and oxygen atoms in total. The van der Waals surface area contributed by atoms with Crippen LogP contribution in [0.2, 0.25) is 0 Å². The number of aryl methyl sites for hydroxylation is 1. The lowest BCUT2D eigenvalue weighted by Gasteiger charge is -2.16. The van der Waals surface area contributed by atoms with E-state index in [0.717, 1.165) is 44.5 Å². The monoisotopic (exact) mass is 641 g/mol. The van der Waals surface area contributed by atoms with Crippen molar-refractivity contribution in [1.29, 1.82) is 0 Å². The predicted molar refractivity (Wildman–Crippen MR) is 204 cm³/mol. The average molecular weight is 642 g/mol. The van der Waals surface area contributed by atoms with Gasteiger partial charge in [0.15, 0.2) is 17.5 Å². The third-order valence-corrected chi connectivity index (χ3v) is 9.23. The van der Waals surface area contributed by atoms with Crippen molar-refractivity contribution < 1.29 is 0 Å². The van der Waals surface area contributed by atoms with E-state index in [1.807, 2.05) is 72.9 Å². The highest BCUT2D eigenvalue weighted by Gasteiger charge is 2.20. The quantitative estimate of drug-likeness (QED) is 0.181. The molecular formula is C45H31N5. The Hall–Kier alpha value is -6.72. The molecule has 0 aliphatic carbocycles. The largest absolute Gasteiger partial charge is 0.308 e. The van der Waals surface area contributed by atoms with Crippen molar-refractivity contribution in [2.45, 2.75) is 6.92 Å². The van der Waals surface area contributed by atoms with E-state index in [-0.39, 0.29) is 0 Å². The van der Waals surface area contributed by atoms with Gasteiger partial charge in [-0.25, -0.2) is 15.0 Å². The van der Waals surface area contributed by atoms with Crippen molar-refractivity contribution in [3.05, 3.63) is 176 Å². The Bertz CT molecular complexity index is 2570. The minimum atomic E-state index is 0.604. The van der Waals surface area contributed by atoms with Gasteiger partial charge in [-0.15, -0.1) is 0 Å². The van der Waals surface area contributed by atoms with Crippen LogP contribution in [-0.2, 0) is 0 Å². The molecule has 0 radical (unpaired) electrons. The summed E-state index contributed by atoms with van der Waals surface area (Å²) in [5.74, 6) is 1.86. The fourth-order valence-electron chi connectivity index (χ4n) is 6.71. The lowest BCUT2D eigenvalue weighted by atomic mass is 10.0. The maximum Gasteiger partial charge on any atom is 0.166 e. The van der Waals surface area contributed by atoms with Crippen LogP contribution in [0.4, 0.5) is 0 Å². The van der Waals surface area contributed by atoms with E-state index in [1.54, 1.807) is 6.20 Å². The zero-order valence-electron chi connectivity index (χ0n) is 27.4. The summed E-state index contributed by atoms with van der Waals surface area (Å²) in [6.45, 7) is 2.12. The fraction of sp³-hybridized carbons (Fsp3) is 0.0222. The van der Waals surface area contributed by atoms with Crippen LogP contribution < -0.4 is 0 Å². The number of fused-ring (bicyclic) bond motifs is 3. The Morgan fingerprint density at radius 2 is 1.00 bits per heavy atom. The smallest absolute Gasteiger partial charge is 0.166 e. The molecule has 3 heterocycles. The summed E-state index contributed by atoms with van der Waals surface area (Å²) < 4.78 is 2.35. The molecular weight excluding hydrogens is 611 g/mol. The first kappa shape index (κ1) is 29.4. The number of rotatable bonds is 6. The number of aromatic nitrogens is 5. The zero-order valence-corrected chi connectivity index (χ0v) is 27.4. The summed E-state index contributed by atoms with van der Waals surface area (Å²) in [5, 5.41) is 2.36. The van der Waals surface area contributed by atoms with E-state index < -0.39 is 0 Å². The average Bonchev–Trinajstić information content (AvgIpc) is 3.52. The zero-order chi connectivity index (χ0) is 33.4. The second kappa shape index (κ2) is 12.4. The van der Waals surface area contributed by atoms with Crippen LogP contribution in [-0.4, -0.2) is 24.5 Å². The van der Waals surface area contributed by atoms with Gasteiger partial charge in [0, 0.05) is 45.4 Å². The van der Waals surface area contributed by atoms with Gasteiger partial charge in [-0.1, -0.05) is 127 Å². The van der Waals surface area contributed by atoms with Crippen LogP contribution >= 0.6 is 0 Å². The molecule has 0 spiro atoms. The Labute approximate surface area is 290 Å². The summed E-state index contributed by atoms with van der Waals surface area (Å²) in [7, 11) is 0. The molecule has 50 heavy (non-hydrogen) atoms. The van der Waals surface area contributed by atoms with Gasteiger partial charge in [0.05, 0.1) is 16.7 Å². The Morgan fingerprint density at radius 1 is 0.420 bits per heavy atom. The van der Waals surface area contributed by atoms with Crippen molar-refractivity contribution in [1.82, 2.24) is 24.5 Å². The molecule has 6 aromatic carbocycles. The second-order valence-electron chi connectivity index (χ2n) is 12.5. The van der Waals surface area contributed by atoms with E-state index in [4.69, 9.17) is 15.0 Å². The first-order valence-corrected chi connectivity index (χ1v) is 16.7. The van der Waals surface area contributed by atoms with Gasteiger partial charge in [0.2, 0.25) is 0 Å². The predicted octanol–water partition coefficient (Wildman–Crippen LogP) is 11.0. The molecule has 9 aromatic rings. The molecule has 3 aromatic heterocycles. The molecule has 0 atom stereocenters. The molecule has 0 aliphatic rings. The van der Waals surface area contributed by atoms with Gasteiger partial charge in [-0.05, 0) is 60.0 Å². The van der Waals surface area contributed by atoms with Gasteiger partial charge in [-0.3, -0.25) is 4.98 Å². The molecule has 236 valence electrons. The Kier molecular flexibility index (Phi) is 7.29. The maximum absolute atomic E-state index is 5.15. The number of nitrogens with zero attached hydrogens (tertiary/aromatic N) is 5. The minimum Gasteiger partial charge on any atom is -0.308 e. The van der Waals surface area contributed by atoms with Gasteiger partial charge >= 0.3 is 0 Å². The first-order valence-electron chi connectivity index (χ1n) is 16.7. The van der Waals surface area contributed by atoms with E-state index in [2.05, 4.69) is 107 Å². The topological polar surface area (TPSA) is 56.5 Å². The Morgan fingerprint density at radius 3 is 1.70 bits per heavy atom. The molecule has 9 rings (SSSR count). The third kappa shape index (κ3) is 5.31. The van der Waals surface area contributed by atoms with Crippen LogP contribution in [0.15, 0.2) is 170 Å². The van der Waals surface area contributed by atoms with E-state index in [1.165, 1.54) is 27.5 Å². The lowest BCUT2D eigenvalue weighted by Crippen LogP contribution is -2.04. The fourth-order valence-corrected chi connectivity index (χ4v) is 6.71. The standard InChI is InChI=1S/C45H31N5/c1-30-18-20-31(21-19-30)34-23-25-41-39(27-34)37-16-8-9-17-40(37)50(41)42-28-35(36-15-10-26-46-29-36)22-24-38(42)45-48-43(32-11-4-2-5-12-32)47-44(49-45)33-13-6-3-7-14-33/h2-29H,1H3.